The Hall–Kier alpha value is -4.52. The van der Waals surface area contributed by atoms with E-state index in [9.17, 15) is 22.4 Å². The summed E-state index contributed by atoms with van der Waals surface area (Å²) < 4.78 is 53.4. The van der Waals surface area contributed by atoms with Crippen molar-refractivity contribution >= 4 is 22.5 Å². The Morgan fingerprint density at radius 1 is 1.03 bits per heavy atom. The van der Waals surface area contributed by atoms with Crippen LogP contribution in [0.15, 0.2) is 66.7 Å². The van der Waals surface area contributed by atoms with Gasteiger partial charge in [-0.2, -0.15) is 18.4 Å². The molecule has 37 heavy (non-hydrogen) atoms. The Morgan fingerprint density at radius 2 is 1.76 bits per heavy atom. The highest BCUT2D eigenvalue weighted by Crippen LogP contribution is 2.34. The van der Waals surface area contributed by atoms with Gasteiger partial charge in [-0.05, 0) is 36.8 Å². The van der Waals surface area contributed by atoms with Crippen LogP contribution in [-0.4, -0.2) is 35.2 Å². The number of amides is 1. The van der Waals surface area contributed by atoms with Crippen LogP contribution in [-0.2, 0) is 6.18 Å². The number of rotatable bonds is 4. The molecule has 3 aromatic carbocycles. The van der Waals surface area contributed by atoms with Crippen LogP contribution in [0.1, 0.15) is 27.9 Å². The molecule has 0 radical (unpaired) electrons. The van der Waals surface area contributed by atoms with Gasteiger partial charge in [0, 0.05) is 35.5 Å². The first-order valence-corrected chi connectivity index (χ1v) is 11.4. The first kappa shape index (κ1) is 24.2. The maximum absolute atomic E-state index is 13.4. The van der Waals surface area contributed by atoms with Gasteiger partial charge in [0.2, 0.25) is 0 Å². The SMILES string of the molecule is N#Cc1ccc(-c2nnc(N3CCC(NC(=O)c4ccc(F)cc4C(F)(F)F)C3)c3ccccc23)cc1. The second kappa shape index (κ2) is 9.50. The number of carbonyl (C=O) groups is 1. The molecule has 2 heterocycles. The van der Waals surface area contributed by atoms with Crippen LogP contribution in [0.25, 0.3) is 22.0 Å². The van der Waals surface area contributed by atoms with E-state index in [1.165, 1.54) is 0 Å². The number of hydrogen-bond donors (Lipinski definition) is 1. The van der Waals surface area contributed by atoms with E-state index >= 15 is 0 Å². The van der Waals surface area contributed by atoms with Gasteiger partial charge in [-0.25, -0.2) is 4.39 Å². The third kappa shape index (κ3) is 4.80. The van der Waals surface area contributed by atoms with Crippen molar-refractivity contribution in [1.29, 1.82) is 5.26 Å². The zero-order valence-corrected chi connectivity index (χ0v) is 19.3. The molecule has 0 aliphatic carbocycles. The minimum atomic E-state index is -4.86. The summed E-state index contributed by atoms with van der Waals surface area (Å²) >= 11 is 0. The predicted molar refractivity (Wildman–Crippen MR) is 129 cm³/mol. The van der Waals surface area contributed by atoms with Gasteiger partial charge in [-0.1, -0.05) is 36.4 Å². The molecule has 1 aromatic heterocycles. The second-order valence-corrected chi connectivity index (χ2v) is 8.70. The van der Waals surface area contributed by atoms with Crippen LogP contribution < -0.4 is 10.2 Å². The van der Waals surface area contributed by atoms with E-state index in [4.69, 9.17) is 5.26 Å². The summed E-state index contributed by atoms with van der Waals surface area (Å²) in [6.45, 7) is 0.832. The van der Waals surface area contributed by atoms with Crippen molar-refractivity contribution in [2.75, 3.05) is 18.0 Å². The number of nitriles is 1. The third-order valence-electron chi connectivity index (χ3n) is 6.31. The van der Waals surface area contributed by atoms with Gasteiger partial charge in [-0.3, -0.25) is 4.79 Å². The molecule has 0 bridgehead atoms. The molecular weight excluding hydrogens is 486 g/mol. The number of benzene rings is 3. The summed E-state index contributed by atoms with van der Waals surface area (Å²) in [5.74, 6) is -1.38. The molecular formula is C27H19F4N5O. The van der Waals surface area contributed by atoms with Crippen molar-refractivity contribution in [3.05, 3.63) is 89.2 Å². The molecule has 1 saturated heterocycles. The normalized spacial score (nSPS) is 15.5. The smallest absolute Gasteiger partial charge is 0.352 e. The highest BCUT2D eigenvalue weighted by molar-refractivity contribution is 6.00. The van der Waals surface area contributed by atoms with Crippen LogP contribution >= 0.6 is 0 Å². The van der Waals surface area contributed by atoms with E-state index in [0.29, 0.717) is 42.7 Å². The van der Waals surface area contributed by atoms with Crippen molar-refractivity contribution in [3.8, 4) is 17.3 Å². The van der Waals surface area contributed by atoms with E-state index in [-0.39, 0.29) is 0 Å². The van der Waals surface area contributed by atoms with E-state index in [1.54, 1.807) is 24.3 Å². The Balaban J connectivity index is 1.38. The largest absolute Gasteiger partial charge is 0.417 e. The highest BCUT2D eigenvalue weighted by atomic mass is 19.4. The summed E-state index contributed by atoms with van der Waals surface area (Å²) in [6.07, 6.45) is -4.37. The lowest BCUT2D eigenvalue weighted by Crippen LogP contribution is -2.38. The number of hydrogen-bond acceptors (Lipinski definition) is 5. The molecule has 1 atom stereocenters. The average Bonchev–Trinajstić information content (AvgIpc) is 3.35. The summed E-state index contributed by atoms with van der Waals surface area (Å²) in [5, 5.41) is 22.3. The molecule has 5 rings (SSSR count). The molecule has 1 aliphatic heterocycles. The lowest BCUT2D eigenvalue weighted by atomic mass is 10.0. The molecule has 186 valence electrons. The maximum Gasteiger partial charge on any atom is 0.417 e. The van der Waals surface area contributed by atoms with Crippen LogP contribution in [0, 0.1) is 17.1 Å². The maximum atomic E-state index is 13.4. The van der Waals surface area contributed by atoms with Crippen molar-refractivity contribution in [3.63, 3.8) is 0 Å². The lowest BCUT2D eigenvalue weighted by Gasteiger charge is -2.20. The van der Waals surface area contributed by atoms with Gasteiger partial charge in [0.1, 0.15) is 11.5 Å². The number of carbonyl (C=O) groups excluding carboxylic acids is 1. The number of fused-ring (bicyclic) bond motifs is 1. The first-order valence-electron chi connectivity index (χ1n) is 11.4. The Morgan fingerprint density at radius 3 is 2.46 bits per heavy atom. The van der Waals surface area contributed by atoms with E-state index in [1.807, 2.05) is 29.2 Å². The average molecular weight is 505 g/mol. The summed E-state index contributed by atoms with van der Waals surface area (Å²) in [5.41, 5.74) is 0.0645. The van der Waals surface area contributed by atoms with E-state index < -0.39 is 35.1 Å². The summed E-state index contributed by atoms with van der Waals surface area (Å²) in [4.78, 5) is 14.6. The van der Waals surface area contributed by atoms with Gasteiger partial charge in [0.15, 0.2) is 5.82 Å². The quantitative estimate of drug-likeness (QED) is 0.379. The molecule has 1 amide bonds. The van der Waals surface area contributed by atoms with Crippen LogP contribution in [0.2, 0.25) is 0 Å². The molecule has 1 unspecified atom stereocenters. The minimum absolute atomic E-state index is 0.323. The Kier molecular flexibility index (Phi) is 6.21. The first-order chi connectivity index (χ1) is 17.7. The number of nitrogens with zero attached hydrogens (tertiary/aromatic N) is 4. The fourth-order valence-corrected chi connectivity index (χ4v) is 4.52. The van der Waals surface area contributed by atoms with Crippen molar-refractivity contribution < 1.29 is 22.4 Å². The van der Waals surface area contributed by atoms with Gasteiger partial charge in [0.05, 0.1) is 22.8 Å². The second-order valence-electron chi connectivity index (χ2n) is 8.70. The highest BCUT2D eigenvalue weighted by Gasteiger charge is 2.36. The molecule has 0 saturated carbocycles. The molecule has 10 heteroatoms. The minimum Gasteiger partial charge on any atom is -0.352 e. The third-order valence-corrected chi connectivity index (χ3v) is 6.31. The fraction of sp³-hybridized carbons (Fsp3) is 0.185. The monoisotopic (exact) mass is 505 g/mol. The topological polar surface area (TPSA) is 81.9 Å². The van der Waals surface area contributed by atoms with Gasteiger partial charge in [-0.15, -0.1) is 10.2 Å². The van der Waals surface area contributed by atoms with Gasteiger partial charge in [0.25, 0.3) is 5.91 Å². The number of anilines is 1. The van der Waals surface area contributed by atoms with E-state index in [0.717, 1.165) is 28.5 Å². The molecule has 1 N–H and O–H groups in total. The Labute approximate surface area is 209 Å². The zero-order chi connectivity index (χ0) is 26.2. The van der Waals surface area contributed by atoms with Gasteiger partial charge >= 0.3 is 6.18 Å². The molecule has 6 nitrogen and oxygen atoms in total. The van der Waals surface area contributed by atoms with Crippen molar-refractivity contribution in [2.45, 2.75) is 18.6 Å². The predicted octanol–water partition coefficient (Wildman–Crippen LogP) is 5.34. The van der Waals surface area contributed by atoms with Gasteiger partial charge < -0.3 is 10.2 Å². The number of aromatic nitrogens is 2. The molecule has 1 aliphatic rings. The number of alkyl halides is 3. The number of halogens is 4. The van der Waals surface area contributed by atoms with Crippen molar-refractivity contribution in [1.82, 2.24) is 15.5 Å². The summed E-state index contributed by atoms with van der Waals surface area (Å²) in [6, 6.07) is 18.3. The lowest BCUT2D eigenvalue weighted by molar-refractivity contribution is -0.138. The molecule has 1 fully saturated rings. The van der Waals surface area contributed by atoms with Crippen LogP contribution in [0.5, 0.6) is 0 Å². The molecule has 4 aromatic rings. The van der Waals surface area contributed by atoms with Crippen molar-refractivity contribution in [2.24, 2.45) is 0 Å². The number of nitrogens with one attached hydrogen (secondary N) is 1. The summed E-state index contributed by atoms with van der Waals surface area (Å²) in [7, 11) is 0. The standard InChI is InChI=1S/C27H19F4N5O/c28-18-9-10-22(23(13-18)27(29,30)31)26(37)33-19-11-12-36(15-19)25-21-4-2-1-3-20(21)24(34-35-25)17-7-5-16(14-32)6-8-17/h1-10,13,19H,11-12,15H2,(H,33,37). The molecule has 0 spiro atoms. The van der Waals surface area contributed by atoms with Crippen LogP contribution in [0.4, 0.5) is 23.4 Å². The Bertz CT molecular complexity index is 1530. The van der Waals surface area contributed by atoms with Crippen LogP contribution in [0.3, 0.4) is 0 Å². The fourth-order valence-electron chi connectivity index (χ4n) is 4.52. The zero-order valence-electron chi connectivity index (χ0n) is 19.3. The van der Waals surface area contributed by atoms with E-state index in [2.05, 4.69) is 21.6 Å².